The van der Waals surface area contributed by atoms with Crippen molar-refractivity contribution in [2.45, 2.75) is 42.2 Å². The van der Waals surface area contributed by atoms with Crippen molar-refractivity contribution in [2.75, 3.05) is 10.6 Å². The number of amides is 2. The van der Waals surface area contributed by atoms with Gasteiger partial charge in [-0.25, -0.2) is 0 Å². The maximum absolute atomic E-state index is 13.3. The maximum atomic E-state index is 13.3. The molecule has 0 heterocycles. The highest BCUT2D eigenvalue weighted by Crippen LogP contribution is 2.37. The highest BCUT2D eigenvalue weighted by molar-refractivity contribution is 9.10. The molecule has 1 unspecified atom stereocenters. The highest BCUT2D eigenvalue weighted by atomic mass is 79.9. The minimum absolute atomic E-state index is 0.0924. The third-order valence-electron chi connectivity index (χ3n) is 5.78. The summed E-state index contributed by atoms with van der Waals surface area (Å²) in [6.45, 7) is 0. The Hall–Kier alpha value is -2.57. The Morgan fingerprint density at radius 3 is 2.27 bits per heavy atom. The van der Waals surface area contributed by atoms with Crippen LogP contribution in [-0.2, 0) is 9.59 Å². The summed E-state index contributed by atoms with van der Waals surface area (Å²) in [6, 6.07) is 25.1. The van der Waals surface area contributed by atoms with Gasteiger partial charge in [0, 0.05) is 26.7 Å². The van der Waals surface area contributed by atoms with Crippen molar-refractivity contribution in [1.82, 2.24) is 0 Å². The van der Waals surface area contributed by atoms with Crippen molar-refractivity contribution in [3.8, 4) is 0 Å². The molecule has 4 rings (SSSR count). The first-order valence-electron chi connectivity index (χ1n) is 11.3. The summed E-state index contributed by atoms with van der Waals surface area (Å²) in [5, 5.41) is 5.68. The first kappa shape index (κ1) is 23.6. The summed E-state index contributed by atoms with van der Waals surface area (Å²) in [4.78, 5) is 26.9. The zero-order chi connectivity index (χ0) is 23.0. The first-order chi connectivity index (χ1) is 16.1. The molecule has 1 atom stereocenters. The van der Waals surface area contributed by atoms with E-state index >= 15 is 0 Å². The number of benzene rings is 3. The number of hydrogen-bond donors (Lipinski definition) is 2. The van der Waals surface area contributed by atoms with Crippen molar-refractivity contribution in [3.63, 3.8) is 0 Å². The second-order valence-electron chi connectivity index (χ2n) is 8.26. The van der Waals surface area contributed by atoms with Crippen LogP contribution in [0.1, 0.15) is 42.9 Å². The standard InChI is InChI=1S/C27H27BrN2O2S/c28-21-14-16-22(17-15-21)29-27(32)25(19-8-3-1-4-9-19)33-24-13-7-12-23(18-24)30-26(31)20-10-5-2-6-11-20/h1,3-4,7-9,12-18,20,25H,2,5-6,10-11H2,(H,29,32)(H,30,31). The van der Waals surface area contributed by atoms with Crippen molar-refractivity contribution in [2.24, 2.45) is 5.92 Å². The molecule has 33 heavy (non-hydrogen) atoms. The van der Waals surface area contributed by atoms with Crippen LogP contribution < -0.4 is 10.6 Å². The first-order valence-corrected chi connectivity index (χ1v) is 12.9. The molecule has 1 aliphatic rings. The smallest absolute Gasteiger partial charge is 0.242 e. The number of thioether (sulfide) groups is 1. The molecule has 0 aliphatic heterocycles. The number of carbonyl (C=O) groups is 2. The lowest BCUT2D eigenvalue weighted by Crippen LogP contribution is -2.24. The van der Waals surface area contributed by atoms with E-state index < -0.39 is 5.25 Å². The Kier molecular flexibility index (Phi) is 8.24. The molecule has 1 aliphatic carbocycles. The number of anilines is 2. The van der Waals surface area contributed by atoms with Crippen LogP contribution in [0.2, 0.25) is 0 Å². The van der Waals surface area contributed by atoms with Crippen LogP contribution in [0.4, 0.5) is 11.4 Å². The van der Waals surface area contributed by atoms with Gasteiger partial charge in [0.2, 0.25) is 11.8 Å². The summed E-state index contributed by atoms with van der Waals surface area (Å²) in [5.74, 6) is 0.110. The van der Waals surface area contributed by atoms with Gasteiger partial charge in [-0.1, -0.05) is 71.6 Å². The van der Waals surface area contributed by atoms with Gasteiger partial charge < -0.3 is 10.6 Å². The van der Waals surface area contributed by atoms with Crippen LogP contribution in [-0.4, -0.2) is 11.8 Å². The predicted octanol–water partition coefficient (Wildman–Crippen LogP) is 7.44. The monoisotopic (exact) mass is 522 g/mol. The molecule has 3 aromatic carbocycles. The molecule has 0 spiro atoms. The third-order valence-corrected chi connectivity index (χ3v) is 7.56. The van der Waals surface area contributed by atoms with E-state index in [2.05, 4.69) is 26.6 Å². The SMILES string of the molecule is O=C(Nc1cccc(SC(C(=O)Nc2ccc(Br)cc2)c2ccccc2)c1)C1CCCCC1. The van der Waals surface area contributed by atoms with E-state index in [4.69, 9.17) is 0 Å². The van der Waals surface area contributed by atoms with Crippen molar-refractivity contribution in [1.29, 1.82) is 0 Å². The molecule has 2 N–H and O–H groups in total. The van der Waals surface area contributed by atoms with Crippen molar-refractivity contribution < 1.29 is 9.59 Å². The van der Waals surface area contributed by atoms with Crippen LogP contribution in [0.5, 0.6) is 0 Å². The largest absolute Gasteiger partial charge is 0.326 e. The maximum Gasteiger partial charge on any atom is 0.242 e. The molecule has 6 heteroatoms. The van der Waals surface area contributed by atoms with E-state index in [1.165, 1.54) is 18.2 Å². The summed E-state index contributed by atoms with van der Waals surface area (Å²) in [7, 11) is 0. The van der Waals surface area contributed by atoms with Crippen molar-refractivity contribution >= 4 is 50.9 Å². The van der Waals surface area contributed by atoms with Gasteiger partial charge in [0.1, 0.15) is 5.25 Å². The van der Waals surface area contributed by atoms with Gasteiger partial charge in [-0.15, -0.1) is 11.8 Å². The van der Waals surface area contributed by atoms with Gasteiger partial charge in [0.25, 0.3) is 0 Å². The molecule has 0 radical (unpaired) electrons. The Morgan fingerprint density at radius 2 is 1.55 bits per heavy atom. The van der Waals surface area contributed by atoms with Crippen LogP contribution in [0.25, 0.3) is 0 Å². The lowest BCUT2D eigenvalue weighted by molar-refractivity contribution is -0.120. The molecule has 1 saturated carbocycles. The van der Waals surface area contributed by atoms with E-state index in [-0.39, 0.29) is 17.7 Å². The zero-order valence-corrected chi connectivity index (χ0v) is 20.7. The number of carbonyl (C=O) groups excluding carboxylic acids is 2. The number of hydrogen-bond acceptors (Lipinski definition) is 3. The molecule has 0 bridgehead atoms. The van der Waals surface area contributed by atoms with Crippen LogP contribution in [0.3, 0.4) is 0 Å². The number of rotatable bonds is 7. The molecule has 1 fully saturated rings. The second-order valence-corrected chi connectivity index (χ2v) is 10.4. The summed E-state index contributed by atoms with van der Waals surface area (Å²) in [6.07, 6.45) is 5.40. The average molecular weight is 523 g/mol. The van der Waals surface area contributed by atoms with Gasteiger partial charge in [-0.2, -0.15) is 0 Å². The second kappa shape index (κ2) is 11.5. The van der Waals surface area contributed by atoms with Gasteiger partial charge in [-0.05, 0) is 60.9 Å². The molecule has 170 valence electrons. The van der Waals surface area contributed by atoms with Crippen LogP contribution in [0.15, 0.2) is 88.2 Å². The van der Waals surface area contributed by atoms with E-state index in [1.807, 2.05) is 78.9 Å². The average Bonchev–Trinajstić information content (AvgIpc) is 2.85. The molecular formula is C27H27BrN2O2S. The van der Waals surface area contributed by atoms with Gasteiger partial charge >= 0.3 is 0 Å². The summed E-state index contributed by atoms with van der Waals surface area (Å²) >= 11 is 4.90. The Labute approximate surface area is 207 Å². The fourth-order valence-electron chi connectivity index (χ4n) is 4.03. The third kappa shape index (κ3) is 6.71. The van der Waals surface area contributed by atoms with Crippen LogP contribution >= 0.6 is 27.7 Å². The minimum Gasteiger partial charge on any atom is -0.326 e. The van der Waals surface area contributed by atoms with Crippen molar-refractivity contribution in [3.05, 3.63) is 88.9 Å². The van der Waals surface area contributed by atoms with E-state index in [0.717, 1.165) is 52.0 Å². The topological polar surface area (TPSA) is 58.2 Å². The summed E-state index contributed by atoms with van der Waals surface area (Å²) < 4.78 is 0.960. The van der Waals surface area contributed by atoms with Crippen LogP contribution in [0, 0.1) is 5.92 Å². The zero-order valence-electron chi connectivity index (χ0n) is 18.3. The van der Waals surface area contributed by atoms with E-state index in [0.29, 0.717) is 0 Å². The normalized spacial score (nSPS) is 14.9. The lowest BCUT2D eigenvalue weighted by atomic mass is 9.88. The lowest BCUT2D eigenvalue weighted by Gasteiger charge is -2.21. The van der Waals surface area contributed by atoms with Gasteiger partial charge in [-0.3, -0.25) is 9.59 Å². The Morgan fingerprint density at radius 1 is 0.818 bits per heavy atom. The molecule has 0 aromatic heterocycles. The molecule has 4 nitrogen and oxygen atoms in total. The molecule has 0 saturated heterocycles. The Balaban J connectivity index is 1.50. The summed E-state index contributed by atoms with van der Waals surface area (Å²) in [5.41, 5.74) is 2.45. The highest BCUT2D eigenvalue weighted by Gasteiger charge is 2.23. The quantitative estimate of drug-likeness (QED) is 0.317. The fraction of sp³-hybridized carbons (Fsp3) is 0.259. The van der Waals surface area contributed by atoms with E-state index in [1.54, 1.807) is 0 Å². The van der Waals surface area contributed by atoms with Gasteiger partial charge in [0.05, 0.1) is 0 Å². The van der Waals surface area contributed by atoms with E-state index in [9.17, 15) is 9.59 Å². The number of nitrogens with one attached hydrogen (secondary N) is 2. The molecule has 2 amide bonds. The number of halogens is 1. The molecule has 3 aromatic rings. The van der Waals surface area contributed by atoms with Gasteiger partial charge in [0.15, 0.2) is 0 Å². The Bertz CT molecular complexity index is 1080. The minimum atomic E-state index is -0.431. The predicted molar refractivity (Wildman–Crippen MR) is 139 cm³/mol. The molecular weight excluding hydrogens is 496 g/mol. The fourth-order valence-corrected chi connectivity index (χ4v) is 5.38.